The van der Waals surface area contributed by atoms with E-state index < -0.39 is 40.5 Å². The monoisotopic (exact) mass is 416 g/mol. The predicted octanol–water partition coefficient (Wildman–Crippen LogP) is 3.68. The standard InChI is InChI=1S/C19H20F4N2O2S/c1-27-17-14(22)12(20)11(13(21)15(17)23)18(26)25-19(28)24-16-9-3-7-2-8(5-9)6-10(16)4-7/h7-10,16H,2-6H2,1H3,(H2,24,25,26,28). The Kier molecular flexibility index (Phi) is 4.97. The van der Waals surface area contributed by atoms with Gasteiger partial charge in [0.2, 0.25) is 11.6 Å². The van der Waals surface area contributed by atoms with E-state index in [2.05, 4.69) is 15.4 Å². The highest BCUT2D eigenvalue weighted by molar-refractivity contribution is 7.80. The third-order valence-electron chi connectivity index (χ3n) is 6.41. The highest BCUT2D eigenvalue weighted by Gasteiger charge is 2.48. The molecular formula is C19H20F4N2O2S. The quantitative estimate of drug-likeness (QED) is 0.449. The summed E-state index contributed by atoms with van der Waals surface area (Å²) in [6, 6.07) is 0.0969. The summed E-state index contributed by atoms with van der Waals surface area (Å²) < 4.78 is 60.2. The van der Waals surface area contributed by atoms with Gasteiger partial charge in [0.05, 0.1) is 7.11 Å². The summed E-state index contributed by atoms with van der Waals surface area (Å²) in [5.41, 5.74) is -1.37. The van der Waals surface area contributed by atoms with Crippen molar-refractivity contribution >= 4 is 23.2 Å². The molecule has 0 aromatic heterocycles. The fraction of sp³-hybridized carbons (Fsp3) is 0.579. The molecule has 1 aromatic rings. The lowest BCUT2D eigenvalue weighted by Gasteiger charge is -2.54. The van der Waals surface area contributed by atoms with Gasteiger partial charge in [-0.3, -0.25) is 10.1 Å². The van der Waals surface area contributed by atoms with E-state index in [1.165, 1.54) is 6.42 Å². The molecular weight excluding hydrogens is 396 g/mol. The number of nitrogens with one attached hydrogen (secondary N) is 2. The van der Waals surface area contributed by atoms with E-state index in [4.69, 9.17) is 12.2 Å². The third kappa shape index (κ3) is 3.13. The molecule has 1 aromatic carbocycles. The van der Waals surface area contributed by atoms with Crippen molar-refractivity contribution in [2.75, 3.05) is 7.11 Å². The minimum absolute atomic E-state index is 0.0969. The van der Waals surface area contributed by atoms with Crippen molar-refractivity contribution in [1.29, 1.82) is 0 Å². The van der Waals surface area contributed by atoms with Gasteiger partial charge in [-0.2, -0.15) is 8.78 Å². The summed E-state index contributed by atoms with van der Waals surface area (Å²) in [5, 5.41) is 5.15. The maximum Gasteiger partial charge on any atom is 0.263 e. The van der Waals surface area contributed by atoms with Crippen molar-refractivity contribution in [3.63, 3.8) is 0 Å². The van der Waals surface area contributed by atoms with Gasteiger partial charge in [0.1, 0.15) is 5.56 Å². The van der Waals surface area contributed by atoms with Gasteiger partial charge in [0.25, 0.3) is 5.91 Å². The largest absolute Gasteiger partial charge is 0.491 e. The average molecular weight is 416 g/mol. The van der Waals surface area contributed by atoms with Crippen LogP contribution >= 0.6 is 12.2 Å². The van der Waals surface area contributed by atoms with Gasteiger partial charge < -0.3 is 10.1 Å². The van der Waals surface area contributed by atoms with Gasteiger partial charge in [-0.25, -0.2) is 8.78 Å². The van der Waals surface area contributed by atoms with Crippen molar-refractivity contribution in [2.45, 2.75) is 38.1 Å². The molecule has 4 bridgehead atoms. The molecule has 1 amide bonds. The number of hydrogen-bond acceptors (Lipinski definition) is 3. The lowest BCUT2D eigenvalue weighted by Crippen LogP contribution is -2.57. The van der Waals surface area contributed by atoms with Gasteiger partial charge in [-0.15, -0.1) is 0 Å². The van der Waals surface area contributed by atoms with Crippen LogP contribution in [0.2, 0.25) is 0 Å². The molecule has 0 radical (unpaired) electrons. The smallest absolute Gasteiger partial charge is 0.263 e. The van der Waals surface area contributed by atoms with Gasteiger partial charge in [0.15, 0.2) is 22.5 Å². The molecule has 0 heterocycles. The van der Waals surface area contributed by atoms with Crippen LogP contribution in [0, 0.1) is 46.9 Å². The first-order chi connectivity index (χ1) is 13.3. The lowest BCUT2D eigenvalue weighted by atomic mass is 9.54. The van der Waals surface area contributed by atoms with Crippen LogP contribution in [0.15, 0.2) is 0 Å². The minimum atomic E-state index is -1.83. The molecule has 0 saturated heterocycles. The number of carbonyl (C=O) groups is 1. The Morgan fingerprint density at radius 3 is 1.89 bits per heavy atom. The molecule has 4 aliphatic carbocycles. The van der Waals surface area contributed by atoms with E-state index in [0.717, 1.165) is 44.6 Å². The molecule has 0 unspecified atom stereocenters. The highest BCUT2D eigenvalue weighted by atomic mass is 32.1. The number of thiocarbonyl (C=S) groups is 1. The molecule has 9 heteroatoms. The Morgan fingerprint density at radius 2 is 1.43 bits per heavy atom. The molecule has 4 nitrogen and oxygen atoms in total. The summed E-state index contributed by atoms with van der Waals surface area (Å²) in [6.45, 7) is 0. The average Bonchev–Trinajstić information content (AvgIpc) is 2.63. The van der Waals surface area contributed by atoms with Crippen molar-refractivity contribution in [2.24, 2.45) is 23.7 Å². The summed E-state index contributed by atoms with van der Waals surface area (Å²) in [6.07, 6.45) is 5.73. The second-order valence-electron chi connectivity index (χ2n) is 8.05. The van der Waals surface area contributed by atoms with Crippen molar-refractivity contribution < 1.29 is 27.1 Å². The summed E-state index contributed by atoms with van der Waals surface area (Å²) in [4.78, 5) is 12.3. The van der Waals surface area contributed by atoms with Crippen LogP contribution in [0.25, 0.3) is 0 Å². The number of benzene rings is 1. The number of amides is 1. The second kappa shape index (κ2) is 7.17. The Hall–Kier alpha value is -1.90. The molecule has 28 heavy (non-hydrogen) atoms. The van der Waals surface area contributed by atoms with Crippen LogP contribution in [-0.2, 0) is 0 Å². The lowest BCUT2D eigenvalue weighted by molar-refractivity contribution is -0.00692. The van der Waals surface area contributed by atoms with Crippen LogP contribution < -0.4 is 15.4 Å². The molecule has 4 aliphatic rings. The maximum absolute atomic E-state index is 14.1. The third-order valence-corrected chi connectivity index (χ3v) is 6.63. The molecule has 0 spiro atoms. The number of carbonyl (C=O) groups excluding carboxylic acids is 1. The molecule has 0 aliphatic heterocycles. The van der Waals surface area contributed by atoms with E-state index in [-0.39, 0.29) is 11.2 Å². The zero-order chi connectivity index (χ0) is 20.2. The Bertz CT molecular complexity index is 791. The van der Waals surface area contributed by atoms with E-state index in [1.807, 2.05) is 0 Å². The fourth-order valence-corrected chi connectivity index (χ4v) is 5.73. The molecule has 152 valence electrons. The summed E-state index contributed by atoms with van der Waals surface area (Å²) >= 11 is 5.13. The van der Waals surface area contributed by atoms with Crippen molar-refractivity contribution in [3.05, 3.63) is 28.8 Å². The first kappa shape index (κ1) is 19.4. The van der Waals surface area contributed by atoms with E-state index in [0.29, 0.717) is 11.8 Å². The zero-order valence-corrected chi connectivity index (χ0v) is 16.0. The molecule has 0 atom stereocenters. The Balaban J connectivity index is 1.48. The van der Waals surface area contributed by atoms with Gasteiger partial charge in [0, 0.05) is 6.04 Å². The van der Waals surface area contributed by atoms with Crippen molar-refractivity contribution in [1.82, 2.24) is 10.6 Å². The Labute approximate surface area is 165 Å². The van der Waals surface area contributed by atoms with Gasteiger partial charge in [-0.05, 0) is 68.0 Å². The summed E-state index contributed by atoms with van der Waals surface area (Å²) in [5.74, 6) is -7.37. The normalized spacial score (nSPS) is 30.2. The van der Waals surface area contributed by atoms with E-state index >= 15 is 0 Å². The predicted molar refractivity (Wildman–Crippen MR) is 96.9 cm³/mol. The fourth-order valence-electron chi connectivity index (χ4n) is 5.50. The maximum atomic E-state index is 14.1. The number of rotatable bonds is 3. The van der Waals surface area contributed by atoms with Gasteiger partial charge >= 0.3 is 0 Å². The van der Waals surface area contributed by atoms with Crippen LogP contribution in [0.5, 0.6) is 5.75 Å². The van der Waals surface area contributed by atoms with Crippen LogP contribution in [-0.4, -0.2) is 24.2 Å². The first-order valence-electron chi connectivity index (χ1n) is 9.31. The molecule has 5 rings (SSSR count). The van der Waals surface area contributed by atoms with Crippen molar-refractivity contribution in [3.8, 4) is 5.75 Å². The SMILES string of the molecule is COc1c(F)c(F)c(C(=O)NC(=S)NC2C3CC4CC(C3)CC2C4)c(F)c1F. The number of hydrogen-bond donors (Lipinski definition) is 2. The van der Waals surface area contributed by atoms with Gasteiger partial charge in [-0.1, -0.05) is 0 Å². The number of halogens is 4. The second-order valence-corrected chi connectivity index (χ2v) is 8.46. The van der Waals surface area contributed by atoms with E-state index in [1.54, 1.807) is 0 Å². The number of ether oxygens (including phenoxy) is 1. The molecule has 4 fully saturated rings. The first-order valence-corrected chi connectivity index (χ1v) is 9.72. The molecule has 2 N–H and O–H groups in total. The zero-order valence-electron chi connectivity index (χ0n) is 15.2. The number of methoxy groups -OCH3 is 1. The Morgan fingerprint density at radius 1 is 0.929 bits per heavy atom. The summed E-state index contributed by atoms with van der Waals surface area (Å²) in [7, 11) is 0.865. The minimum Gasteiger partial charge on any atom is -0.491 e. The van der Waals surface area contributed by atoms with Crippen LogP contribution in [0.3, 0.4) is 0 Å². The van der Waals surface area contributed by atoms with E-state index in [9.17, 15) is 22.4 Å². The topological polar surface area (TPSA) is 50.4 Å². The van der Waals surface area contributed by atoms with Crippen LogP contribution in [0.4, 0.5) is 17.6 Å². The highest BCUT2D eigenvalue weighted by Crippen LogP contribution is 2.53. The molecule has 4 saturated carbocycles. The van der Waals surface area contributed by atoms with Crippen LogP contribution in [0.1, 0.15) is 42.5 Å².